The zero-order valence-corrected chi connectivity index (χ0v) is 19.2. The van der Waals surface area contributed by atoms with Crippen LogP contribution in [0.15, 0.2) is 4.99 Å². The second-order valence-corrected chi connectivity index (χ2v) is 7.74. The molecule has 0 fully saturated rings. The van der Waals surface area contributed by atoms with Crippen LogP contribution in [0.25, 0.3) is 0 Å². The van der Waals surface area contributed by atoms with Gasteiger partial charge in [0, 0.05) is 6.54 Å². The highest BCUT2D eigenvalue weighted by molar-refractivity contribution is 5.96. The minimum Gasteiger partial charge on any atom is -0.480 e. The van der Waals surface area contributed by atoms with E-state index in [1.165, 1.54) is 6.92 Å². The van der Waals surface area contributed by atoms with E-state index in [1.807, 2.05) is 0 Å². The number of nitrogens with two attached hydrogens (primary N) is 4. The van der Waals surface area contributed by atoms with Crippen molar-refractivity contribution in [3.63, 3.8) is 0 Å². The van der Waals surface area contributed by atoms with Gasteiger partial charge in [-0.05, 0) is 25.7 Å². The monoisotopic (exact) mass is 472 g/mol. The summed E-state index contributed by atoms with van der Waals surface area (Å²) in [4.78, 5) is 64.3. The Labute approximate surface area is 192 Å². The molecule has 33 heavy (non-hydrogen) atoms. The molecule has 0 heterocycles. The Kier molecular flexibility index (Phi) is 13.1. The maximum absolute atomic E-state index is 12.8. The summed E-state index contributed by atoms with van der Waals surface area (Å²) in [6, 6.07) is -4.71. The lowest BCUT2D eigenvalue weighted by Crippen LogP contribution is -2.58. The van der Waals surface area contributed by atoms with Gasteiger partial charge in [0.25, 0.3) is 0 Å². The van der Waals surface area contributed by atoms with Crippen molar-refractivity contribution in [3.05, 3.63) is 0 Å². The van der Waals surface area contributed by atoms with Gasteiger partial charge in [0.15, 0.2) is 5.96 Å². The largest absolute Gasteiger partial charge is 0.480 e. The number of carbonyl (C=O) groups excluding carboxylic acids is 4. The number of hydrogen-bond donors (Lipinski definition) is 8. The molecule has 0 saturated carbocycles. The molecule has 0 saturated heterocycles. The summed E-state index contributed by atoms with van der Waals surface area (Å²) in [7, 11) is 0. The first-order valence-corrected chi connectivity index (χ1v) is 10.5. The zero-order chi connectivity index (χ0) is 25.7. The van der Waals surface area contributed by atoms with E-state index in [2.05, 4.69) is 20.9 Å². The molecule has 5 atom stereocenters. The van der Waals surface area contributed by atoms with Gasteiger partial charge in [0.1, 0.15) is 18.1 Å². The molecule has 0 aliphatic rings. The average Bonchev–Trinajstić information content (AvgIpc) is 2.71. The third-order valence-electron chi connectivity index (χ3n) is 4.81. The van der Waals surface area contributed by atoms with Crippen LogP contribution >= 0.6 is 0 Å². The lowest BCUT2D eigenvalue weighted by molar-refractivity contribution is -0.144. The first kappa shape index (κ1) is 29.6. The third kappa shape index (κ3) is 11.7. The second kappa shape index (κ2) is 14.6. The fourth-order valence-electron chi connectivity index (χ4n) is 2.70. The van der Waals surface area contributed by atoms with Crippen LogP contribution in [0.5, 0.6) is 0 Å². The van der Waals surface area contributed by atoms with E-state index in [-0.39, 0.29) is 31.3 Å². The molecule has 0 aliphatic heterocycles. The number of nitrogens with one attached hydrogen (secondary N) is 3. The Morgan fingerprint density at radius 3 is 1.91 bits per heavy atom. The Morgan fingerprint density at radius 2 is 1.45 bits per heavy atom. The number of primary amides is 1. The standard InChI is InChI=1S/C19H36N8O6/c1-4-9(2)14(18(32)33)27-16(30)11(6-5-7-24-19(22)23)25-17(31)12(8-13(21)28)26-15(29)10(3)20/h9-12,14H,4-8,20H2,1-3H3,(H2,21,28)(H,25,31)(H,26,29)(H,27,30)(H,32,33)(H4,22,23,24). The van der Waals surface area contributed by atoms with E-state index < -0.39 is 60.2 Å². The molecule has 4 amide bonds. The first-order valence-electron chi connectivity index (χ1n) is 10.5. The highest BCUT2D eigenvalue weighted by atomic mass is 16.4. The number of carbonyl (C=O) groups is 5. The molecular formula is C19H36N8O6. The highest BCUT2D eigenvalue weighted by Crippen LogP contribution is 2.09. The van der Waals surface area contributed by atoms with Crippen molar-refractivity contribution in [2.75, 3.05) is 6.54 Å². The minimum absolute atomic E-state index is 0.0473. The zero-order valence-electron chi connectivity index (χ0n) is 19.2. The average molecular weight is 473 g/mol. The van der Waals surface area contributed by atoms with Gasteiger partial charge < -0.3 is 44.0 Å². The number of carboxylic acid groups (broad SMARTS) is 1. The summed E-state index contributed by atoms with van der Waals surface area (Å²) in [5, 5.41) is 16.6. The summed E-state index contributed by atoms with van der Waals surface area (Å²) < 4.78 is 0. The Morgan fingerprint density at radius 1 is 0.909 bits per heavy atom. The van der Waals surface area contributed by atoms with Crippen molar-refractivity contribution in [2.45, 2.75) is 70.6 Å². The van der Waals surface area contributed by atoms with E-state index in [1.54, 1.807) is 13.8 Å². The Hall–Kier alpha value is -3.42. The highest BCUT2D eigenvalue weighted by Gasteiger charge is 2.32. The van der Waals surface area contributed by atoms with E-state index in [0.717, 1.165) is 0 Å². The topological polar surface area (TPSA) is 258 Å². The van der Waals surface area contributed by atoms with Crippen molar-refractivity contribution in [1.29, 1.82) is 0 Å². The number of hydrogen-bond acceptors (Lipinski definition) is 7. The number of aliphatic imine (C=N–C) groups is 1. The van der Waals surface area contributed by atoms with Crippen LogP contribution in [0.4, 0.5) is 0 Å². The minimum atomic E-state index is -1.38. The Balaban J connectivity index is 5.62. The lowest BCUT2D eigenvalue weighted by atomic mass is 9.98. The van der Waals surface area contributed by atoms with E-state index in [0.29, 0.717) is 6.42 Å². The fraction of sp³-hybridized carbons (Fsp3) is 0.684. The molecule has 0 aromatic rings. The van der Waals surface area contributed by atoms with Crippen molar-refractivity contribution >= 4 is 35.6 Å². The SMILES string of the molecule is CCC(C)C(NC(=O)C(CCCN=C(N)N)NC(=O)C(CC(N)=O)NC(=O)C(C)N)C(=O)O. The van der Waals surface area contributed by atoms with Gasteiger partial charge in [-0.3, -0.25) is 24.2 Å². The van der Waals surface area contributed by atoms with Crippen molar-refractivity contribution < 1.29 is 29.1 Å². The van der Waals surface area contributed by atoms with E-state index in [9.17, 15) is 29.1 Å². The van der Waals surface area contributed by atoms with Crippen molar-refractivity contribution in [3.8, 4) is 0 Å². The first-order chi connectivity index (χ1) is 15.3. The van der Waals surface area contributed by atoms with E-state index in [4.69, 9.17) is 22.9 Å². The van der Waals surface area contributed by atoms with Crippen LogP contribution in [-0.2, 0) is 24.0 Å². The van der Waals surface area contributed by atoms with Gasteiger partial charge in [-0.15, -0.1) is 0 Å². The fourth-order valence-corrected chi connectivity index (χ4v) is 2.70. The van der Waals surface area contributed by atoms with Crippen LogP contribution in [0, 0.1) is 5.92 Å². The molecule has 14 nitrogen and oxygen atoms in total. The van der Waals surface area contributed by atoms with Gasteiger partial charge in [-0.1, -0.05) is 20.3 Å². The van der Waals surface area contributed by atoms with Crippen LogP contribution in [-0.4, -0.2) is 71.4 Å². The summed E-state index contributed by atoms with van der Waals surface area (Å²) in [6.45, 7) is 4.98. The van der Waals surface area contributed by atoms with Gasteiger partial charge in [0.2, 0.25) is 23.6 Å². The van der Waals surface area contributed by atoms with E-state index >= 15 is 0 Å². The van der Waals surface area contributed by atoms with Crippen LogP contribution < -0.4 is 38.9 Å². The number of carboxylic acids is 1. The Bertz CT molecular complexity index is 738. The number of guanidine groups is 1. The maximum Gasteiger partial charge on any atom is 0.326 e. The summed E-state index contributed by atoms with van der Waals surface area (Å²) in [6.07, 6.45) is 0.274. The van der Waals surface area contributed by atoms with Gasteiger partial charge >= 0.3 is 5.97 Å². The van der Waals surface area contributed by atoms with Gasteiger partial charge in [-0.25, -0.2) is 4.79 Å². The third-order valence-corrected chi connectivity index (χ3v) is 4.81. The van der Waals surface area contributed by atoms with Gasteiger partial charge in [-0.2, -0.15) is 0 Å². The summed E-state index contributed by atoms with van der Waals surface area (Å²) in [5.41, 5.74) is 21.2. The number of nitrogens with zero attached hydrogens (tertiary/aromatic N) is 1. The number of amides is 4. The predicted octanol–water partition coefficient (Wildman–Crippen LogP) is -3.15. The number of aliphatic carboxylic acids is 1. The summed E-state index contributed by atoms with van der Waals surface area (Å²) >= 11 is 0. The second-order valence-electron chi connectivity index (χ2n) is 7.74. The molecule has 0 radical (unpaired) electrons. The molecule has 5 unspecified atom stereocenters. The lowest BCUT2D eigenvalue weighted by Gasteiger charge is -2.26. The summed E-state index contributed by atoms with van der Waals surface area (Å²) in [5.74, 6) is -4.93. The molecule has 0 aliphatic carbocycles. The molecular weight excluding hydrogens is 436 g/mol. The van der Waals surface area contributed by atoms with Crippen LogP contribution in [0.1, 0.15) is 46.5 Å². The molecule has 0 spiro atoms. The molecule has 14 heteroatoms. The molecule has 0 aromatic heterocycles. The number of rotatable bonds is 15. The van der Waals surface area contributed by atoms with Crippen molar-refractivity contribution in [2.24, 2.45) is 33.8 Å². The maximum atomic E-state index is 12.8. The quantitative estimate of drug-likeness (QED) is 0.0678. The molecule has 0 bridgehead atoms. The normalized spacial score (nSPS) is 15.2. The van der Waals surface area contributed by atoms with Crippen molar-refractivity contribution in [1.82, 2.24) is 16.0 Å². The molecule has 0 rings (SSSR count). The van der Waals surface area contributed by atoms with Gasteiger partial charge in [0.05, 0.1) is 12.5 Å². The predicted molar refractivity (Wildman–Crippen MR) is 120 cm³/mol. The molecule has 12 N–H and O–H groups in total. The smallest absolute Gasteiger partial charge is 0.326 e. The van der Waals surface area contributed by atoms with Crippen LogP contribution in [0.3, 0.4) is 0 Å². The molecule has 188 valence electrons. The molecule has 0 aromatic carbocycles. The van der Waals surface area contributed by atoms with Crippen LogP contribution in [0.2, 0.25) is 0 Å².